The first-order valence-corrected chi connectivity index (χ1v) is 3.62. The number of hydrogen-bond acceptors (Lipinski definition) is 2. The molecule has 0 unspecified atom stereocenters. The molecule has 0 N–H and O–H groups in total. The van der Waals surface area contributed by atoms with Gasteiger partial charge in [-0.3, -0.25) is 9.78 Å². The van der Waals surface area contributed by atoms with Crippen molar-refractivity contribution in [2.45, 2.75) is 13.8 Å². The van der Waals surface area contributed by atoms with Crippen molar-refractivity contribution in [3.8, 4) is 0 Å². The van der Waals surface area contributed by atoms with E-state index in [0.717, 1.165) is 5.69 Å². The SMILES string of the molecule is CC(=O)c1cc(C)ncc1Cl. The van der Waals surface area contributed by atoms with Crippen LogP contribution in [0.5, 0.6) is 0 Å². The molecular formula is C8H8ClNO. The van der Waals surface area contributed by atoms with Crippen molar-refractivity contribution in [3.63, 3.8) is 0 Å². The van der Waals surface area contributed by atoms with Gasteiger partial charge < -0.3 is 0 Å². The van der Waals surface area contributed by atoms with Gasteiger partial charge in [0.25, 0.3) is 0 Å². The Morgan fingerprint density at radius 1 is 1.64 bits per heavy atom. The van der Waals surface area contributed by atoms with E-state index in [-0.39, 0.29) is 5.78 Å². The number of aromatic nitrogens is 1. The molecule has 1 heterocycles. The van der Waals surface area contributed by atoms with E-state index in [1.165, 1.54) is 13.1 Å². The third-order valence-corrected chi connectivity index (χ3v) is 1.67. The summed E-state index contributed by atoms with van der Waals surface area (Å²) >= 11 is 5.71. The van der Waals surface area contributed by atoms with Gasteiger partial charge in [-0.05, 0) is 19.9 Å². The number of nitrogens with zero attached hydrogens (tertiary/aromatic N) is 1. The van der Waals surface area contributed by atoms with Crippen LogP contribution >= 0.6 is 11.6 Å². The van der Waals surface area contributed by atoms with E-state index in [1.54, 1.807) is 6.07 Å². The molecule has 0 spiro atoms. The van der Waals surface area contributed by atoms with Crippen LogP contribution in [0.15, 0.2) is 12.3 Å². The first kappa shape index (κ1) is 8.21. The molecule has 0 bridgehead atoms. The Balaban J connectivity index is 3.23. The van der Waals surface area contributed by atoms with Crippen LogP contribution in [0.4, 0.5) is 0 Å². The predicted octanol–water partition coefficient (Wildman–Crippen LogP) is 2.25. The Morgan fingerprint density at radius 3 is 2.73 bits per heavy atom. The highest BCUT2D eigenvalue weighted by Crippen LogP contribution is 2.15. The first-order chi connectivity index (χ1) is 5.11. The fourth-order valence-corrected chi connectivity index (χ4v) is 1.05. The number of ketones is 1. The highest BCUT2D eigenvalue weighted by atomic mass is 35.5. The number of carbonyl (C=O) groups is 1. The van der Waals surface area contributed by atoms with Crippen LogP contribution in [0.2, 0.25) is 5.02 Å². The van der Waals surface area contributed by atoms with Gasteiger partial charge in [-0.1, -0.05) is 11.6 Å². The summed E-state index contributed by atoms with van der Waals surface area (Å²) in [7, 11) is 0. The summed E-state index contributed by atoms with van der Waals surface area (Å²) in [6.07, 6.45) is 1.49. The fraction of sp³-hybridized carbons (Fsp3) is 0.250. The van der Waals surface area contributed by atoms with Crippen LogP contribution < -0.4 is 0 Å². The Kier molecular flexibility index (Phi) is 2.25. The number of halogens is 1. The summed E-state index contributed by atoms with van der Waals surface area (Å²) in [4.78, 5) is 14.8. The first-order valence-electron chi connectivity index (χ1n) is 3.24. The van der Waals surface area contributed by atoms with Crippen LogP contribution in [-0.4, -0.2) is 10.8 Å². The molecule has 0 saturated heterocycles. The van der Waals surface area contributed by atoms with Gasteiger partial charge in [-0.25, -0.2) is 0 Å². The topological polar surface area (TPSA) is 30.0 Å². The minimum absolute atomic E-state index is 0.0273. The maximum Gasteiger partial charge on any atom is 0.161 e. The van der Waals surface area contributed by atoms with E-state index in [9.17, 15) is 4.79 Å². The van der Waals surface area contributed by atoms with Crippen molar-refractivity contribution < 1.29 is 4.79 Å². The lowest BCUT2D eigenvalue weighted by molar-refractivity contribution is 0.101. The normalized spacial score (nSPS) is 9.73. The van der Waals surface area contributed by atoms with Crippen molar-refractivity contribution in [1.82, 2.24) is 4.98 Å². The average molecular weight is 170 g/mol. The second-order valence-corrected chi connectivity index (χ2v) is 2.77. The molecule has 0 fully saturated rings. The van der Waals surface area contributed by atoms with Crippen LogP contribution in [-0.2, 0) is 0 Å². The summed E-state index contributed by atoms with van der Waals surface area (Å²) < 4.78 is 0. The van der Waals surface area contributed by atoms with Gasteiger partial charge in [0.2, 0.25) is 0 Å². The van der Waals surface area contributed by atoms with E-state index in [4.69, 9.17) is 11.6 Å². The van der Waals surface area contributed by atoms with Gasteiger partial charge in [0.15, 0.2) is 5.78 Å². The molecule has 1 aromatic rings. The number of pyridine rings is 1. The van der Waals surface area contributed by atoms with Gasteiger partial charge in [0.05, 0.1) is 5.02 Å². The van der Waals surface area contributed by atoms with Crippen molar-refractivity contribution in [1.29, 1.82) is 0 Å². The quantitative estimate of drug-likeness (QED) is 0.604. The van der Waals surface area contributed by atoms with Gasteiger partial charge in [0, 0.05) is 17.5 Å². The lowest BCUT2D eigenvalue weighted by Gasteiger charge is -1.98. The predicted molar refractivity (Wildman–Crippen MR) is 44.0 cm³/mol. The molecule has 0 aliphatic rings. The molecule has 0 radical (unpaired) electrons. The average Bonchev–Trinajstić information content (AvgIpc) is 1.94. The molecule has 0 aromatic carbocycles. The molecule has 0 atom stereocenters. The van der Waals surface area contributed by atoms with Crippen LogP contribution in [0.3, 0.4) is 0 Å². The molecule has 58 valence electrons. The van der Waals surface area contributed by atoms with Gasteiger partial charge >= 0.3 is 0 Å². The smallest absolute Gasteiger partial charge is 0.161 e. The summed E-state index contributed by atoms with van der Waals surface area (Å²) in [5.74, 6) is -0.0273. The lowest BCUT2D eigenvalue weighted by Crippen LogP contribution is -1.95. The van der Waals surface area contributed by atoms with E-state index < -0.39 is 0 Å². The van der Waals surface area contributed by atoms with Crippen molar-refractivity contribution in [3.05, 3.63) is 28.5 Å². The fourth-order valence-electron chi connectivity index (χ4n) is 0.813. The number of aryl methyl sites for hydroxylation is 1. The number of hydrogen-bond donors (Lipinski definition) is 0. The minimum Gasteiger partial charge on any atom is -0.294 e. The Bertz CT molecular complexity index is 296. The third kappa shape index (κ3) is 1.77. The molecule has 2 nitrogen and oxygen atoms in total. The standard InChI is InChI=1S/C8H8ClNO/c1-5-3-7(6(2)11)8(9)4-10-5/h3-4H,1-2H3. The Hall–Kier alpha value is -0.890. The molecule has 1 aromatic heterocycles. The Labute approximate surface area is 70.2 Å². The zero-order valence-corrected chi connectivity index (χ0v) is 7.14. The van der Waals surface area contributed by atoms with Gasteiger partial charge in [-0.15, -0.1) is 0 Å². The van der Waals surface area contributed by atoms with E-state index in [0.29, 0.717) is 10.6 Å². The van der Waals surface area contributed by atoms with Crippen LogP contribution in [0.25, 0.3) is 0 Å². The van der Waals surface area contributed by atoms with Crippen molar-refractivity contribution in [2.24, 2.45) is 0 Å². The maximum atomic E-state index is 10.9. The second kappa shape index (κ2) is 3.01. The zero-order valence-electron chi connectivity index (χ0n) is 6.39. The highest BCUT2D eigenvalue weighted by Gasteiger charge is 2.04. The summed E-state index contributed by atoms with van der Waals surface area (Å²) in [6.45, 7) is 3.31. The summed E-state index contributed by atoms with van der Waals surface area (Å²) in [6, 6.07) is 1.69. The van der Waals surface area contributed by atoms with Gasteiger partial charge in [-0.2, -0.15) is 0 Å². The molecule has 0 amide bonds. The molecule has 1 rings (SSSR count). The maximum absolute atomic E-state index is 10.9. The van der Waals surface area contributed by atoms with E-state index in [2.05, 4.69) is 4.98 Å². The highest BCUT2D eigenvalue weighted by molar-refractivity contribution is 6.33. The Morgan fingerprint density at radius 2 is 2.27 bits per heavy atom. The molecule has 0 saturated carbocycles. The molecule has 11 heavy (non-hydrogen) atoms. The minimum atomic E-state index is -0.0273. The molecular weight excluding hydrogens is 162 g/mol. The zero-order chi connectivity index (χ0) is 8.43. The number of rotatable bonds is 1. The monoisotopic (exact) mass is 169 g/mol. The van der Waals surface area contributed by atoms with Crippen molar-refractivity contribution >= 4 is 17.4 Å². The number of Topliss-reactive ketones (excluding diaryl/α,β-unsaturated/α-hetero) is 1. The van der Waals surface area contributed by atoms with Crippen LogP contribution in [0.1, 0.15) is 23.0 Å². The van der Waals surface area contributed by atoms with Gasteiger partial charge in [0.1, 0.15) is 0 Å². The molecule has 0 aliphatic heterocycles. The second-order valence-electron chi connectivity index (χ2n) is 2.36. The largest absolute Gasteiger partial charge is 0.294 e. The summed E-state index contributed by atoms with van der Waals surface area (Å²) in [5.41, 5.74) is 1.35. The summed E-state index contributed by atoms with van der Waals surface area (Å²) in [5, 5.41) is 0.420. The van der Waals surface area contributed by atoms with E-state index >= 15 is 0 Å². The third-order valence-electron chi connectivity index (χ3n) is 1.37. The van der Waals surface area contributed by atoms with Crippen LogP contribution in [0, 0.1) is 6.92 Å². The molecule has 0 aliphatic carbocycles. The number of carbonyl (C=O) groups excluding carboxylic acids is 1. The lowest BCUT2D eigenvalue weighted by atomic mass is 10.2. The van der Waals surface area contributed by atoms with E-state index in [1.807, 2.05) is 6.92 Å². The van der Waals surface area contributed by atoms with Crippen molar-refractivity contribution in [2.75, 3.05) is 0 Å². The molecule has 3 heteroatoms.